The van der Waals surface area contributed by atoms with Crippen LogP contribution in [0.2, 0.25) is 0 Å². The van der Waals surface area contributed by atoms with Crippen LogP contribution in [0.3, 0.4) is 0 Å². The smallest absolute Gasteiger partial charge is 0.416 e. The Balaban J connectivity index is 2.58. The van der Waals surface area contributed by atoms with Gasteiger partial charge in [0.2, 0.25) is 0 Å². The van der Waals surface area contributed by atoms with Crippen molar-refractivity contribution in [2.24, 2.45) is 5.41 Å². The minimum atomic E-state index is -4.44. The number of carbonyl (C=O) groups is 2. The second-order valence-corrected chi connectivity index (χ2v) is 8.29. The second kappa shape index (κ2) is 8.39. The molecule has 0 spiro atoms. The van der Waals surface area contributed by atoms with Gasteiger partial charge in [-0.2, -0.15) is 13.2 Å². The largest absolute Gasteiger partial charge is 0.469 e. The summed E-state index contributed by atoms with van der Waals surface area (Å²) >= 11 is 0. The number of ether oxygens (including phenoxy) is 1. The minimum absolute atomic E-state index is 0.107. The minimum Gasteiger partial charge on any atom is -0.469 e. The van der Waals surface area contributed by atoms with Gasteiger partial charge in [-0.05, 0) is 47.2 Å². The van der Waals surface area contributed by atoms with Crippen LogP contribution in [0.25, 0.3) is 11.1 Å². The van der Waals surface area contributed by atoms with Gasteiger partial charge in [0.1, 0.15) is 0 Å². The lowest BCUT2D eigenvalue weighted by Crippen LogP contribution is -2.15. The molecular formula is C23H25F3O3. The number of rotatable bonds is 5. The van der Waals surface area contributed by atoms with E-state index in [4.69, 9.17) is 4.74 Å². The Labute approximate surface area is 168 Å². The van der Waals surface area contributed by atoms with Crippen LogP contribution in [0.1, 0.15) is 61.5 Å². The topological polar surface area (TPSA) is 43.4 Å². The third-order valence-electron chi connectivity index (χ3n) is 4.61. The third-order valence-corrected chi connectivity index (χ3v) is 4.61. The maximum atomic E-state index is 12.9. The van der Waals surface area contributed by atoms with E-state index in [1.54, 1.807) is 25.1 Å². The molecule has 0 fully saturated rings. The molecule has 0 radical (unpaired) electrons. The number of halogens is 3. The van der Waals surface area contributed by atoms with Gasteiger partial charge in [0, 0.05) is 12.0 Å². The summed E-state index contributed by atoms with van der Waals surface area (Å²) in [5, 5.41) is 0. The highest BCUT2D eigenvalue weighted by Gasteiger charge is 2.30. The molecular weight excluding hydrogens is 381 g/mol. The molecule has 0 aliphatic heterocycles. The van der Waals surface area contributed by atoms with Gasteiger partial charge in [-0.3, -0.25) is 9.59 Å². The van der Waals surface area contributed by atoms with E-state index in [0.29, 0.717) is 22.3 Å². The number of carbonyl (C=O) groups excluding carboxylic acids is 2. The number of methoxy groups -OCH3 is 1. The highest BCUT2D eigenvalue weighted by molar-refractivity contribution is 6.03. The number of hydrogen-bond donors (Lipinski definition) is 0. The van der Waals surface area contributed by atoms with Crippen LogP contribution < -0.4 is 0 Å². The van der Waals surface area contributed by atoms with E-state index in [1.807, 2.05) is 20.8 Å². The SMILES string of the molecule is COC(=O)C(C)c1ccc(C(=O)CC(C)(C)C)c(-c2ccc(C(F)(F)F)cc2)c1. The molecule has 0 bridgehead atoms. The van der Waals surface area contributed by atoms with Crippen LogP contribution in [0.15, 0.2) is 42.5 Å². The van der Waals surface area contributed by atoms with Gasteiger partial charge in [0.25, 0.3) is 0 Å². The molecule has 0 aromatic heterocycles. The van der Waals surface area contributed by atoms with Crippen LogP contribution in [0.4, 0.5) is 13.2 Å². The molecule has 1 unspecified atom stereocenters. The Hall–Kier alpha value is -2.63. The zero-order valence-corrected chi connectivity index (χ0v) is 17.2. The van der Waals surface area contributed by atoms with E-state index in [0.717, 1.165) is 12.1 Å². The molecule has 0 saturated heterocycles. The second-order valence-electron chi connectivity index (χ2n) is 8.29. The van der Waals surface area contributed by atoms with Gasteiger partial charge >= 0.3 is 12.1 Å². The normalized spacial score (nSPS) is 13.1. The van der Waals surface area contributed by atoms with Crippen molar-refractivity contribution in [2.45, 2.75) is 46.2 Å². The van der Waals surface area contributed by atoms with Crippen molar-refractivity contribution in [2.75, 3.05) is 7.11 Å². The van der Waals surface area contributed by atoms with Crippen LogP contribution in [-0.2, 0) is 15.7 Å². The fourth-order valence-corrected chi connectivity index (χ4v) is 3.04. The first-order chi connectivity index (χ1) is 13.3. The Morgan fingerprint density at radius 2 is 1.59 bits per heavy atom. The Bertz CT molecular complexity index is 891. The summed E-state index contributed by atoms with van der Waals surface area (Å²) in [6.45, 7) is 7.50. The lowest BCUT2D eigenvalue weighted by molar-refractivity contribution is -0.142. The van der Waals surface area contributed by atoms with E-state index >= 15 is 0 Å². The lowest BCUT2D eigenvalue weighted by Gasteiger charge is -2.20. The Kier molecular flexibility index (Phi) is 6.56. The number of benzene rings is 2. The monoisotopic (exact) mass is 406 g/mol. The third kappa shape index (κ3) is 5.68. The van der Waals surface area contributed by atoms with E-state index in [-0.39, 0.29) is 17.6 Å². The first kappa shape index (κ1) is 22.7. The lowest BCUT2D eigenvalue weighted by atomic mass is 9.84. The Morgan fingerprint density at radius 1 is 1.00 bits per heavy atom. The summed E-state index contributed by atoms with van der Waals surface area (Å²) < 4.78 is 43.5. The molecule has 0 saturated carbocycles. The van der Waals surface area contributed by atoms with Crippen LogP contribution in [0.5, 0.6) is 0 Å². The molecule has 0 aliphatic carbocycles. The average molecular weight is 406 g/mol. The van der Waals surface area contributed by atoms with Gasteiger partial charge in [0.05, 0.1) is 18.6 Å². The summed E-state index contributed by atoms with van der Waals surface area (Å²) in [7, 11) is 1.29. The maximum absolute atomic E-state index is 12.9. The molecule has 2 aromatic carbocycles. The first-order valence-corrected chi connectivity index (χ1v) is 9.26. The van der Waals surface area contributed by atoms with Crippen molar-refractivity contribution in [3.05, 3.63) is 59.2 Å². The molecule has 29 heavy (non-hydrogen) atoms. The van der Waals surface area contributed by atoms with Crippen molar-refractivity contribution in [1.29, 1.82) is 0 Å². The van der Waals surface area contributed by atoms with E-state index < -0.39 is 23.6 Å². The van der Waals surface area contributed by atoms with Crippen LogP contribution >= 0.6 is 0 Å². The zero-order valence-electron chi connectivity index (χ0n) is 17.2. The summed E-state index contributed by atoms with van der Waals surface area (Å²) in [5.74, 6) is -1.11. The quantitative estimate of drug-likeness (QED) is 0.434. The number of alkyl halides is 3. The molecule has 2 aromatic rings. The first-order valence-electron chi connectivity index (χ1n) is 9.26. The predicted octanol–water partition coefficient (Wildman–Crippen LogP) is 6.27. The highest BCUT2D eigenvalue weighted by atomic mass is 19.4. The molecule has 1 atom stereocenters. The fourth-order valence-electron chi connectivity index (χ4n) is 3.04. The van der Waals surface area contributed by atoms with Crippen molar-refractivity contribution in [3.63, 3.8) is 0 Å². The maximum Gasteiger partial charge on any atom is 0.416 e. The van der Waals surface area contributed by atoms with Gasteiger partial charge in [0.15, 0.2) is 5.78 Å². The number of ketones is 1. The molecule has 6 heteroatoms. The van der Waals surface area contributed by atoms with Crippen molar-refractivity contribution in [3.8, 4) is 11.1 Å². The molecule has 0 heterocycles. The van der Waals surface area contributed by atoms with E-state index in [1.165, 1.54) is 19.2 Å². The average Bonchev–Trinajstić information content (AvgIpc) is 2.64. The predicted molar refractivity (Wildman–Crippen MR) is 106 cm³/mol. The van der Waals surface area contributed by atoms with Gasteiger partial charge in [-0.1, -0.05) is 45.0 Å². The van der Waals surface area contributed by atoms with Crippen molar-refractivity contribution < 1.29 is 27.5 Å². The fraction of sp³-hybridized carbons (Fsp3) is 0.391. The van der Waals surface area contributed by atoms with Gasteiger partial charge in [-0.25, -0.2) is 0 Å². The summed E-state index contributed by atoms with van der Waals surface area (Å²) in [6.07, 6.45) is -4.16. The van der Waals surface area contributed by atoms with Crippen LogP contribution in [-0.4, -0.2) is 18.9 Å². The van der Waals surface area contributed by atoms with E-state index in [9.17, 15) is 22.8 Å². The van der Waals surface area contributed by atoms with Gasteiger partial charge in [-0.15, -0.1) is 0 Å². The van der Waals surface area contributed by atoms with E-state index in [2.05, 4.69) is 0 Å². The summed E-state index contributed by atoms with van der Waals surface area (Å²) in [6, 6.07) is 9.67. The molecule has 2 rings (SSSR count). The van der Waals surface area contributed by atoms with Crippen molar-refractivity contribution in [1.82, 2.24) is 0 Å². The van der Waals surface area contributed by atoms with Crippen LogP contribution in [0, 0.1) is 5.41 Å². The standard InChI is InChI=1S/C23H25F3O3/c1-14(21(28)29-5)16-8-11-18(20(27)13-22(2,3)4)19(12-16)15-6-9-17(10-7-15)23(24,25)26/h6-12,14H,13H2,1-5H3. The van der Waals surface area contributed by atoms with Crippen molar-refractivity contribution >= 4 is 11.8 Å². The summed E-state index contributed by atoms with van der Waals surface area (Å²) in [4.78, 5) is 24.8. The molecule has 0 N–H and O–H groups in total. The van der Waals surface area contributed by atoms with Gasteiger partial charge < -0.3 is 4.74 Å². The number of hydrogen-bond acceptors (Lipinski definition) is 3. The molecule has 0 aliphatic rings. The number of esters is 1. The highest BCUT2D eigenvalue weighted by Crippen LogP contribution is 2.34. The number of Topliss-reactive ketones (excluding diaryl/α,β-unsaturated/α-hetero) is 1. The molecule has 0 amide bonds. The molecule has 3 nitrogen and oxygen atoms in total. The summed E-state index contributed by atoms with van der Waals surface area (Å²) in [5.41, 5.74) is 1.02. The molecule has 156 valence electrons. The zero-order chi connectivity index (χ0) is 22.0. The Morgan fingerprint density at radius 3 is 2.07 bits per heavy atom.